The molecule has 3 aromatic rings. The van der Waals surface area contributed by atoms with E-state index in [1.807, 2.05) is 59.5 Å². The Labute approximate surface area is 182 Å². The molecule has 0 aliphatic carbocycles. The summed E-state index contributed by atoms with van der Waals surface area (Å²) >= 11 is 0. The van der Waals surface area contributed by atoms with Gasteiger partial charge in [0.2, 0.25) is 5.91 Å². The van der Waals surface area contributed by atoms with Crippen LogP contribution < -0.4 is 9.64 Å². The lowest BCUT2D eigenvalue weighted by Gasteiger charge is -2.34. The molecule has 1 fully saturated rings. The number of hydrogen-bond donors (Lipinski definition) is 0. The van der Waals surface area contributed by atoms with E-state index in [4.69, 9.17) is 4.74 Å². The summed E-state index contributed by atoms with van der Waals surface area (Å²) in [6.45, 7) is 4.87. The third-order valence-corrected chi connectivity index (χ3v) is 5.52. The standard InChI is InChI=1S/C25H26N4O2/c1-19-5-3-4-6-22(19)23-12-13-24(27-26-23)28-15-17-29(18-16-28)25(30)14-9-20-7-10-21(31-2)11-8-20/h3-14H,15-18H2,1-2H3/b14-9+. The van der Waals surface area contributed by atoms with E-state index in [1.165, 1.54) is 5.56 Å². The molecule has 6 heteroatoms. The zero-order valence-electron chi connectivity index (χ0n) is 17.9. The average Bonchev–Trinajstić information content (AvgIpc) is 2.83. The molecule has 2 heterocycles. The highest BCUT2D eigenvalue weighted by Gasteiger charge is 2.21. The van der Waals surface area contributed by atoms with Crippen LogP contribution in [0.2, 0.25) is 0 Å². The summed E-state index contributed by atoms with van der Waals surface area (Å²) in [5.74, 6) is 1.67. The maximum Gasteiger partial charge on any atom is 0.246 e. The Morgan fingerprint density at radius 2 is 1.68 bits per heavy atom. The third kappa shape index (κ3) is 4.91. The molecule has 0 N–H and O–H groups in total. The molecular weight excluding hydrogens is 388 g/mol. The molecule has 0 saturated carbocycles. The molecule has 1 saturated heterocycles. The molecule has 0 atom stereocenters. The van der Waals surface area contributed by atoms with Gasteiger partial charge in [0.15, 0.2) is 5.82 Å². The second kappa shape index (κ2) is 9.43. The third-order valence-electron chi connectivity index (χ3n) is 5.52. The van der Waals surface area contributed by atoms with Crippen molar-refractivity contribution >= 4 is 17.8 Å². The number of methoxy groups -OCH3 is 1. The number of benzene rings is 2. The van der Waals surface area contributed by atoms with Gasteiger partial charge in [0.25, 0.3) is 0 Å². The summed E-state index contributed by atoms with van der Waals surface area (Å²) in [4.78, 5) is 16.6. The number of aryl methyl sites for hydroxylation is 1. The van der Waals surface area contributed by atoms with Crippen molar-refractivity contribution in [2.75, 3.05) is 38.2 Å². The molecule has 31 heavy (non-hydrogen) atoms. The van der Waals surface area contributed by atoms with Crippen molar-refractivity contribution in [3.8, 4) is 17.0 Å². The van der Waals surface area contributed by atoms with Gasteiger partial charge in [-0.1, -0.05) is 36.4 Å². The predicted octanol–water partition coefficient (Wildman–Crippen LogP) is 3.82. The molecule has 1 aromatic heterocycles. The fourth-order valence-electron chi connectivity index (χ4n) is 3.64. The van der Waals surface area contributed by atoms with Gasteiger partial charge >= 0.3 is 0 Å². The minimum Gasteiger partial charge on any atom is -0.497 e. The van der Waals surface area contributed by atoms with Gasteiger partial charge in [-0.25, -0.2) is 0 Å². The maximum atomic E-state index is 12.5. The summed E-state index contributed by atoms with van der Waals surface area (Å²) in [6, 6.07) is 19.8. The number of piperazine rings is 1. The zero-order chi connectivity index (χ0) is 21.6. The number of hydrogen-bond acceptors (Lipinski definition) is 5. The number of ether oxygens (including phenoxy) is 1. The fraction of sp³-hybridized carbons (Fsp3) is 0.240. The summed E-state index contributed by atoms with van der Waals surface area (Å²) in [7, 11) is 1.64. The lowest BCUT2D eigenvalue weighted by molar-refractivity contribution is -0.126. The van der Waals surface area contributed by atoms with Crippen molar-refractivity contribution in [2.45, 2.75) is 6.92 Å². The monoisotopic (exact) mass is 414 g/mol. The first-order valence-corrected chi connectivity index (χ1v) is 10.4. The van der Waals surface area contributed by atoms with Crippen molar-refractivity contribution < 1.29 is 9.53 Å². The van der Waals surface area contributed by atoms with Crippen LogP contribution in [0, 0.1) is 6.92 Å². The van der Waals surface area contributed by atoms with Crippen LogP contribution in [0.5, 0.6) is 5.75 Å². The first kappa shape index (κ1) is 20.6. The molecule has 1 aliphatic heterocycles. The maximum absolute atomic E-state index is 12.5. The van der Waals surface area contributed by atoms with E-state index in [1.54, 1.807) is 13.2 Å². The normalized spacial score (nSPS) is 14.1. The van der Waals surface area contributed by atoms with Crippen LogP contribution in [0.1, 0.15) is 11.1 Å². The van der Waals surface area contributed by atoms with E-state index in [0.29, 0.717) is 13.1 Å². The number of anilines is 1. The molecule has 2 aromatic carbocycles. The molecule has 0 radical (unpaired) electrons. The van der Waals surface area contributed by atoms with Crippen LogP contribution in [0.3, 0.4) is 0 Å². The molecule has 1 aliphatic rings. The highest BCUT2D eigenvalue weighted by molar-refractivity contribution is 5.92. The predicted molar refractivity (Wildman–Crippen MR) is 123 cm³/mol. The first-order chi connectivity index (χ1) is 15.1. The van der Waals surface area contributed by atoms with E-state index < -0.39 is 0 Å². The van der Waals surface area contributed by atoms with Crippen LogP contribution in [0.25, 0.3) is 17.3 Å². The molecule has 1 amide bonds. The number of rotatable bonds is 5. The summed E-state index contributed by atoms with van der Waals surface area (Å²) in [5, 5.41) is 8.85. The van der Waals surface area contributed by atoms with Crippen LogP contribution in [-0.4, -0.2) is 54.3 Å². The van der Waals surface area contributed by atoms with E-state index in [9.17, 15) is 4.79 Å². The van der Waals surface area contributed by atoms with E-state index in [-0.39, 0.29) is 5.91 Å². The van der Waals surface area contributed by atoms with Crippen molar-refractivity contribution in [1.82, 2.24) is 15.1 Å². The largest absolute Gasteiger partial charge is 0.497 e. The molecular formula is C25H26N4O2. The quantitative estimate of drug-likeness (QED) is 0.594. The van der Waals surface area contributed by atoms with Crippen LogP contribution >= 0.6 is 0 Å². The first-order valence-electron chi connectivity index (χ1n) is 10.4. The van der Waals surface area contributed by atoms with Crippen molar-refractivity contribution in [2.24, 2.45) is 0 Å². The molecule has 0 bridgehead atoms. The Balaban J connectivity index is 1.33. The Kier molecular flexibility index (Phi) is 6.26. The number of amides is 1. The lowest BCUT2D eigenvalue weighted by Crippen LogP contribution is -2.48. The smallest absolute Gasteiger partial charge is 0.246 e. The molecule has 0 spiro atoms. The average molecular weight is 415 g/mol. The van der Waals surface area contributed by atoms with E-state index >= 15 is 0 Å². The lowest BCUT2D eigenvalue weighted by atomic mass is 10.1. The number of carbonyl (C=O) groups is 1. The topological polar surface area (TPSA) is 58.6 Å². The second-order valence-electron chi connectivity index (χ2n) is 7.51. The zero-order valence-corrected chi connectivity index (χ0v) is 17.9. The summed E-state index contributed by atoms with van der Waals surface area (Å²) in [5.41, 5.74) is 4.12. The van der Waals surface area contributed by atoms with Crippen molar-refractivity contribution in [3.63, 3.8) is 0 Å². The molecule has 0 unspecified atom stereocenters. The fourth-order valence-corrected chi connectivity index (χ4v) is 3.64. The van der Waals surface area contributed by atoms with Crippen LogP contribution in [0.15, 0.2) is 66.7 Å². The Morgan fingerprint density at radius 3 is 2.32 bits per heavy atom. The molecule has 158 valence electrons. The van der Waals surface area contributed by atoms with Crippen LogP contribution in [0.4, 0.5) is 5.82 Å². The Bertz CT molecular complexity index is 1050. The van der Waals surface area contributed by atoms with Gasteiger partial charge in [0.05, 0.1) is 12.8 Å². The van der Waals surface area contributed by atoms with E-state index in [2.05, 4.69) is 34.2 Å². The van der Waals surface area contributed by atoms with Crippen molar-refractivity contribution in [1.29, 1.82) is 0 Å². The second-order valence-corrected chi connectivity index (χ2v) is 7.51. The minimum absolute atomic E-state index is 0.0245. The van der Waals surface area contributed by atoms with Gasteiger partial charge < -0.3 is 14.5 Å². The van der Waals surface area contributed by atoms with E-state index in [0.717, 1.165) is 41.5 Å². The Hall–Kier alpha value is -3.67. The van der Waals surface area contributed by atoms with Gasteiger partial charge in [-0.15, -0.1) is 10.2 Å². The van der Waals surface area contributed by atoms with Gasteiger partial charge in [0.1, 0.15) is 5.75 Å². The SMILES string of the molecule is COc1ccc(/C=C/C(=O)N2CCN(c3ccc(-c4ccccc4C)nn3)CC2)cc1. The summed E-state index contributed by atoms with van der Waals surface area (Å²) in [6.07, 6.45) is 3.47. The van der Waals surface area contributed by atoms with Crippen molar-refractivity contribution in [3.05, 3.63) is 77.9 Å². The number of carbonyl (C=O) groups excluding carboxylic acids is 1. The van der Waals surface area contributed by atoms with Gasteiger partial charge in [-0.3, -0.25) is 4.79 Å². The van der Waals surface area contributed by atoms with Gasteiger partial charge in [-0.05, 0) is 48.4 Å². The van der Waals surface area contributed by atoms with Gasteiger partial charge in [0, 0.05) is 37.8 Å². The Morgan fingerprint density at radius 1 is 0.935 bits per heavy atom. The van der Waals surface area contributed by atoms with Gasteiger partial charge in [-0.2, -0.15) is 0 Å². The molecule has 6 nitrogen and oxygen atoms in total. The summed E-state index contributed by atoms with van der Waals surface area (Å²) < 4.78 is 5.16. The number of aromatic nitrogens is 2. The molecule has 4 rings (SSSR count). The number of nitrogens with zero attached hydrogens (tertiary/aromatic N) is 4. The minimum atomic E-state index is 0.0245. The van der Waals surface area contributed by atoms with Crippen LogP contribution in [-0.2, 0) is 4.79 Å². The highest BCUT2D eigenvalue weighted by atomic mass is 16.5. The highest BCUT2D eigenvalue weighted by Crippen LogP contribution is 2.22.